The van der Waals surface area contributed by atoms with Crippen molar-refractivity contribution in [2.45, 2.75) is 5.41 Å². The molecule has 1 amide bonds. The van der Waals surface area contributed by atoms with Crippen LogP contribution >= 0.6 is 22.6 Å². The number of ether oxygens (including phenoxy) is 1. The van der Waals surface area contributed by atoms with Gasteiger partial charge in [-0.25, -0.2) is 4.79 Å². The first-order valence-electron chi connectivity index (χ1n) is 8.24. The minimum Gasteiger partial charge on any atom is -0.439 e. The van der Waals surface area contributed by atoms with Gasteiger partial charge in [-0.1, -0.05) is 12.1 Å². The Bertz CT molecular complexity index is 1350. The average Bonchev–Trinajstić information content (AvgIpc) is 2.94. The molecule has 0 saturated carbocycles. The lowest BCUT2D eigenvalue weighted by Crippen LogP contribution is -2.45. The molecule has 1 aromatic heterocycles. The van der Waals surface area contributed by atoms with Gasteiger partial charge in [0, 0.05) is 14.8 Å². The van der Waals surface area contributed by atoms with Crippen molar-refractivity contribution in [1.29, 1.82) is 5.26 Å². The van der Waals surface area contributed by atoms with Crippen molar-refractivity contribution in [1.82, 2.24) is 0 Å². The molecule has 0 aliphatic carbocycles. The molecule has 136 valence electrons. The molecule has 8 heteroatoms. The molecule has 2 aliphatic rings. The number of amides is 1. The van der Waals surface area contributed by atoms with Gasteiger partial charge in [0.2, 0.25) is 11.8 Å². The van der Waals surface area contributed by atoms with Crippen LogP contribution in [0.5, 0.6) is 5.75 Å². The van der Waals surface area contributed by atoms with Crippen LogP contribution < -0.4 is 21.4 Å². The Labute approximate surface area is 171 Å². The lowest BCUT2D eigenvalue weighted by atomic mass is 9.69. The molecule has 3 N–H and O–H groups in total. The van der Waals surface area contributed by atoms with Crippen LogP contribution in [0.2, 0.25) is 0 Å². The zero-order valence-corrected chi connectivity index (χ0v) is 16.2. The van der Waals surface area contributed by atoms with Gasteiger partial charge in [-0.15, -0.1) is 0 Å². The monoisotopic (exact) mass is 483 g/mol. The van der Waals surface area contributed by atoms with E-state index in [-0.39, 0.29) is 22.8 Å². The van der Waals surface area contributed by atoms with Gasteiger partial charge in [0.15, 0.2) is 11.2 Å². The third kappa shape index (κ3) is 1.91. The number of benzene rings is 2. The summed E-state index contributed by atoms with van der Waals surface area (Å²) >= 11 is 2.10. The Kier molecular flexibility index (Phi) is 3.36. The summed E-state index contributed by atoms with van der Waals surface area (Å²) in [5.41, 5.74) is 4.69. The minimum absolute atomic E-state index is 0.0461. The number of nitrogens with zero attached hydrogens (tertiary/aromatic N) is 1. The molecule has 3 heterocycles. The van der Waals surface area contributed by atoms with E-state index in [2.05, 4.69) is 27.9 Å². The van der Waals surface area contributed by atoms with E-state index in [9.17, 15) is 14.9 Å². The Morgan fingerprint density at radius 3 is 2.75 bits per heavy atom. The summed E-state index contributed by atoms with van der Waals surface area (Å²) in [6, 6.07) is 14.1. The number of hydrogen-bond acceptors (Lipinski definition) is 6. The smallest absolute Gasteiger partial charge is 0.345 e. The number of halogens is 1. The van der Waals surface area contributed by atoms with Crippen LogP contribution in [0.25, 0.3) is 11.0 Å². The van der Waals surface area contributed by atoms with E-state index in [1.54, 1.807) is 36.4 Å². The highest BCUT2D eigenvalue weighted by molar-refractivity contribution is 14.1. The van der Waals surface area contributed by atoms with E-state index < -0.39 is 16.9 Å². The van der Waals surface area contributed by atoms with E-state index in [0.29, 0.717) is 22.2 Å². The molecule has 1 unspecified atom stereocenters. The van der Waals surface area contributed by atoms with Crippen LogP contribution in [0.1, 0.15) is 11.1 Å². The molecule has 0 radical (unpaired) electrons. The summed E-state index contributed by atoms with van der Waals surface area (Å²) < 4.78 is 12.0. The fraction of sp³-hybridized carbons (Fsp3) is 0.0500. The Morgan fingerprint density at radius 1 is 1.18 bits per heavy atom. The number of nitrogens with two attached hydrogens (primary N) is 1. The highest BCUT2D eigenvalue weighted by Crippen LogP contribution is 2.53. The van der Waals surface area contributed by atoms with Crippen molar-refractivity contribution in [3.8, 4) is 11.8 Å². The van der Waals surface area contributed by atoms with Gasteiger partial charge >= 0.3 is 5.63 Å². The van der Waals surface area contributed by atoms with Crippen molar-refractivity contribution >= 4 is 45.2 Å². The zero-order valence-electron chi connectivity index (χ0n) is 14.1. The topological polar surface area (TPSA) is 118 Å². The van der Waals surface area contributed by atoms with E-state index in [0.717, 1.165) is 3.57 Å². The van der Waals surface area contributed by atoms with Gasteiger partial charge in [0.1, 0.15) is 22.8 Å². The number of nitriles is 1. The van der Waals surface area contributed by atoms with Crippen LogP contribution in [0, 0.1) is 14.9 Å². The summed E-state index contributed by atoms with van der Waals surface area (Å²) in [6.45, 7) is 0. The molecule has 2 aromatic carbocycles. The lowest BCUT2D eigenvalue weighted by molar-refractivity contribution is -0.118. The van der Waals surface area contributed by atoms with Crippen molar-refractivity contribution < 1.29 is 13.9 Å². The molecule has 3 aromatic rings. The first-order valence-corrected chi connectivity index (χ1v) is 9.32. The van der Waals surface area contributed by atoms with Gasteiger partial charge in [-0.2, -0.15) is 5.26 Å². The van der Waals surface area contributed by atoms with E-state index in [1.807, 2.05) is 12.1 Å². The summed E-state index contributed by atoms with van der Waals surface area (Å²) in [4.78, 5) is 26.3. The number of fused-ring (bicyclic) bond motifs is 6. The van der Waals surface area contributed by atoms with Crippen LogP contribution in [0.3, 0.4) is 0 Å². The molecule has 0 bridgehead atoms. The van der Waals surface area contributed by atoms with Crippen molar-refractivity contribution in [3.05, 3.63) is 79.0 Å². The summed E-state index contributed by atoms with van der Waals surface area (Å²) in [7, 11) is 0. The molecule has 5 rings (SSSR count). The van der Waals surface area contributed by atoms with Gasteiger partial charge < -0.3 is 20.2 Å². The first-order chi connectivity index (χ1) is 13.5. The highest BCUT2D eigenvalue weighted by atomic mass is 127. The third-order valence-electron chi connectivity index (χ3n) is 5.06. The number of rotatable bonds is 0. The Morgan fingerprint density at radius 2 is 1.96 bits per heavy atom. The third-order valence-corrected chi connectivity index (χ3v) is 5.73. The molecule has 1 atom stereocenters. The number of nitrogens with one attached hydrogen (secondary N) is 1. The van der Waals surface area contributed by atoms with Gasteiger partial charge in [0.05, 0.1) is 5.39 Å². The molecule has 1 spiro atoms. The number of anilines is 1. The molecule has 0 fully saturated rings. The maximum absolute atomic E-state index is 13.3. The molecular formula is C20H10IN3O4. The fourth-order valence-electron chi connectivity index (χ4n) is 3.93. The lowest BCUT2D eigenvalue weighted by Gasteiger charge is -2.32. The standard InChI is InChI=1S/C20H10IN3O4/c21-9-5-6-13-11(7-9)20(19(26)24-13)12(8-22)17(23)28-16-10-3-1-2-4-14(10)27-18(25)15(16)20/h1-7H,23H2,(H,24,26). The van der Waals surface area contributed by atoms with Gasteiger partial charge in [0.25, 0.3) is 0 Å². The zero-order chi connectivity index (χ0) is 19.6. The molecule has 7 nitrogen and oxygen atoms in total. The average molecular weight is 483 g/mol. The number of para-hydroxylation sites is 1. The van der Waals surface area contributed by atoms with Crippen molar-refractivity contribution in [2.24, 2.45) is 5.73 Å². The quantitative estimate of drug-likeness (QED) is 0.375. The second kappa shape index (κ2) is 5.59. The van der Waals surface area contributed by atoms with Crippen LogP contribution in [-0.2, 0) is 10.2 Å². The maximum Gasteiger partial charge on any atom is 0.345 e. The maximum atomic E-state index is 13.3. The predicted molar refractivity (Wildman–Crippen MR) is 109 cm³/mol. The summed E-state index contributed by atoms with van der Waals surface area (Å²) in [5.74, 6) is -0.631. The summed E-state index contributed by atoms with van der Waals surface area (Å²) in [6.07, 6.45) is 0. The van der Waals surface area contributed by atoms with Crippen molar-refractivity contribution in [2.75, 3.05) is 5.32 Å². The molecular weight excluding hydrogens is 473 g/mol. The number of carbonyl (C=O) groups excluding carboxylic acids is 1. The summed E-state index contributed by atoms with van der Waals surface area (Å²) in [5, 5.41) is 13.1. The normalized spacial score (nSPS) is 19.8. The highest BCUT2D eigenvalue weighted by Gasteiger charge is 2.58. The Balaban J connectivity index is 2.03. The first kappa shape index (κ1) is 16.8. The number of carbonyl (C=O) groups is 1. The van der Waals surface area contributed by atoms with E-state index in [4.69, 9.17) is 14.9 Å². The van der Waals surface area contributed by atoms with Crippen LogP contribution in [-0.4, -0.2) is 5.91 Å². The van der Waals surface area contributed by atoms with Crippen molar-refractivity contribution in [3.63, 3.8) is 0 Å². The predicted octanol–water partition coefficient (Wildman–Crippen LogP) is 2.72. The molecule has 0 saturated heterocycles. The van der Waals surface area contributed by atoms with Gasteiger partial charge in [-0.05, 0) is 52.9 Å². The van der Waals surface area contributed by atoms with E-state index in [1.165, 1.54) is 0 Å². The van der Waals surface area contributed by atoms with E-state index >= 15 is 0 Å². The second-order valence-corrected chi connectivity index (χ2v) is 7.68. The van der Waals surface area contributed by atoms with Crippen LogP contribution in [0.15, 0.2) is 63.1 Å². The fourth-order valence-corrected chi connectivity index (χ4v) is 4.42. The Hall–Kier alpha value is -3.32. The number of hydrogen-bond donors (Lipinski definition) is 2. The molecule has 2 aliphatic heterocycles. The second-order valence-electron chi connectivity index (χ2n) is 6.44. The largest absolute Gasteiger partial charge is 0.439 e. The molecule has 28 heavy (non-hydrogen) atoms. The SMILES string of the molecule is N#CC1=C(N)Oc2c(c(=O)oc3ccccc23)C12C(=O)Nc1ccc(I)cc12. The van der Waals surface area contributed by atoms with Crippen LogP contribution in [0.4, 0.5) is 5.69 Å². The van der Waals surface area contributed by atoms with Gasteiger partial charge in [-0.3, -0.25) is 4.79 Å². The minimum atomic E-state index is -1.73.